The third kappa shape index (κ3) is 4.79. The fourth-order valence-corrected chi connectivity index (χ4v) is 3.93. The first-order valence-electron chi connectivity index (χ1n) is 8.04. The number of nitrogens with one attached hydrogen (secondary N) is 1. The maximum absolute atomic E-state index is 5.40. The van der Waals surface area contributed by atoms with Crippen molar-refractivity contribution in [3.05, 3.63) is 47.6 Å². The van der Waals surface area contributed by atoms with Gasteiger partial charge >= 0.3 is 0 Å². The van der Waals surface area contributed by atoms with E-state index in [1.807, 2.05) is 25.1 Å². The van der Waals surface area contributed by atoms with Crippen LogP contribution >= 0.6 is 23.1 Å². The molecular weight excluding hydrogens is 354 g/mol. The summed E-state index contributed by atoms with van der Waals surface area (Å²) in [7, 11) is 0. The summed E-state index contributed by atoms with van der Waals surface area (Å²) in [5.41, 5.74) is 1.09. The van der Waals surface area contributed by atoms with Gasteiger partial charge in [0, 0.05) is 12.0 Å². The Morgan fingerprint density at radius 3 is 2.64 bits per heavy atom. The minimum absolute atomic E-state index is 0.0264. The third-order valence-electron chi connectivity index (χ3n) is 3.43. The molecule has 0 aliphatic heterocycles. The minimum atomic E-state index is -0.122. The second kappa shape index (κ2) is 7.53. The van der Waals surface area contributed by atoms with Gasteiger partial charge in [-0.3, -0.25) is 0 Å². The van der Waals surface area contributed by atoms with Gasteiger partial charge in [0.05, 0.1) is 5.25 Å². The molecule has 0 aliphatic rings. The van der Waals surface area contributed by atoms with E-state index in [1.54, 1.807) is 11.8 Å². The summed E-state index contributed by atoms with van der Waals surface area (Å²) in [5, 5.41) is 16.6. The summed E-state index contributed by atoms with van der Waals surface area (Å²) >= 11 is 3.10. The topological polar surface area (TPSA) is 76.7 Å². The van der Waals surface area contributed by atoms with Gasteiger partial charge < -0.3 is 9.84 Å². The molecule has 1 unspecified atom stereocenters. The van der Waals surface area contributed by atoms with Gasteiger partial charge in [0.25, 0.3) is 0 Å². The van der Waals surface area contributed by atoms with Crippen LogP contribution in [0.1, 0.15) is 50.2 Å². The maximum atomic E-state index is 5.40. The first kappa shape index (κ1) is 17.9. The van der Waals surface area contributed by atoms with Crippen LogP contribution < -0.4 is 5.32 Å². The van der Waals surface area contributed by atoms with Crippen molar-refractivity contribution in [1.82, 2.24) is 20.3 Å². The van der Waals surface area contributed by atoms with Crippen LogP contribution in [-0.4, -0.2) is 20.3 Å². The lowest BCUT2D eigenvalue weighted by atomic mass is 9.96. The summed E-state index contributed by atoms with van der Waals surface area (Å²) in [6.07, 6.45) is 0. The van der Waals surface area contributed by atoms with Crippen molar-refractivity contribution in [2.24, 2.45) is 0 Å². The molecule has 132 valence electrons. The molecule has 8 heteroatoms. The number of rotatable bonds is 6. The number of aromatic nitrogens is 4. The van der Waals surface area contributed by atoms with Gasteiger partial charge in [-0.1, -0.05) is 79.4 Å². The first-order valence-corrected chi connectivity index (χ1v) is 9.73. The van der Waals surface area contributed by atoms with E-state index < -0.39 is 0 Å². The van der Waals surface area contributed by atoms with E-state index in [2.05, 4.69) is 58.6 Å². The molecule has 0 saturated carbocycles. The van der Waals surface area contributed by atoms with Crippen LogP contribution in [0.15, 0.2) is 39.2 Å². The maximum Gasteiger partial charge on any atom is 0.239 e. The van der Waals surface area contributed by atoms with Crippen LogP contribution in [0, 0.1) is 0 Å². The van der Waals surface area contributed by atoms with Crippen LogP contribution in [0.25, 0.3) is 0 Å². The zero-order valence-corrected chi connectivity index (χ0v) is 16.3. The number of thioether (sulfide) groups is 1. The molecule has 2 heterocycles. The lowest BCUT2D eigenvalue weighted by molar-refractivity contribution is 0.364. The van der Waals surface area contributed by atoms with E-state index >= 15 is 0 Å². The molecule has 1 atom stereocenters. The van der Waals surface area contributed by atoms with Crippen molar-refractivity contribution in [2.45, 2.75) is 49.2 Å². The summed E-state index contributed by atoms with van der Waals surface area (Å²) in [4.78, 5) is 4.50. The Bertz CT molecular complexity index is 810. The van der Waals surface area contributed by atoms with E-state index in [4.69, 9.17) is 4.52 Å². The van der Waals surface area contributed by atoms with Gasteiger partial charge in [-0.2, -0.15) is 4.98 Å². The molecule has 0 radical (unpaired) electrons. The van der Waals surface area contributed by atoms with Gasteiger partial charge in [-0.05, 0) is 12.5 Å². The number of hydrogen-bond donors (Lipinski definition) is 1. The Labute approximate surface area is 155 Å². The molecular formula is C17H21N5OS2. The summed E-state index contributed by atoms with van der Waals surface area (Å²) in [6, 6.07) is 10.2. The summed E-state index contributed by atoms with van der Waals surface area (Å²) in [6.45, 7) is 8.95. The number of benzene rings is 1. The Kier molecular flexibility index (Phi) is 5.39. The van der Waals surface area contributed by atoms with Gasteiger partial charge in [-0.25, -0.2) is 0 Å². The van der Waals surface area contributed by atoms with Crippen LogP contribution in [0.2, 0.25) is 0 Å². The highest BCUT2D eigenvalue weighted by Crippen LogP contribution is 2.37. The average molecular weight is 376 g/mol. The number of anilines is 1. The fraction of sp³-hybridized carbons (Fsp3) is 0.412. The van der Waals surface area contributed by atoms with Crippen molar-refractivity contribution in [3.8, 4) is 0 Å². The predicted octanol–water partition coefficient (Wildman–Crippen LogP) is 4.68. The van der Waals surface area contributed by atoms with Crippen molar-refractivity contribution in [3.63, 3.8) is 0 Å². The monoisotopic (exact) mass is 375 g/mol. The lowest BCUT2D eigenvalue weighted by Crippen LogP contribution is -2.13. The van der Waals surface area contributed by atoms with Gasteiger partial charge in [-0.15, -0.1) is 10.2 Å². The summed E-state index contributed by atoms with van der Waals surface area (Å²) in [5.74, 6) is 1.33. The third-order valence-corrected chi connectivity index (χ3v) is 5.48. The summed E-state index contributed by atoms with van der Waals surface area (Å²) < 4.78 is 6.27. The molecule has 1 N–H and O–H groups in total. The Morgan fingerprint density at radius 2 is 1.96 bits per heavy atom. The van der Waals surface area contributed by atoms with Crippen LogP contribution in [0.3, 0.4) is 0 Å². The molecule has 3 rings (SSSR count). The molecule has 0 spiro atoms. The van der Waals surface area contributed by atoms with Crippen molar-refractivity contribution < 1.29 is 4.52 Å². The van der Waals surface area contributed by atoms with Crippen molar-refractivity contribution >= 4 is 28.2 Å². The number of hydrogen-bond acceptors (Lipinski definition) is 8. The zero-order valence-electron chi connectivity index (χ0n) is 14.7. The van der Waals surface area contributed by atoms with E-state index in [-0.39, 0.29) is 10.7 Å². The molecule has 0 bridgehead atoms. The molecule has 2 aromatic heterocycles. The molecule has 0 saturated heterocycles. The fourth-order valence-electron chi connectivity index (χ4n) is 2.01. The highest BCUT2D eigenvalue weighted by atomic mass is 32.2. The zero-order chi connectivity index (χ0) is 17.9. The van der Waals surface area contributed by atoms with E-state index in [0.29, 0.717) is 5.89 Å². The Balaban J connectivity index is 1.58. The lowest BCUT2D eigenvalue weighted by Gasteiger charge is -2.11. The second-order valence-electron chi connectivity index (χ2n) is 6.68. The largest absolute Gasteiger partial charge is 0.356 e. The normalized spacial score (nSPS) is 13.0. The van der Waals surface area contributed by atoms with Crippen molar-refractivity contribution in [1.29, 1.82) is 0 Å². The predicted molar refractivity (Wildman–Crippen MR) is 101 cm³/mol. The molecule has 0 amide bonds. The Hall–Kier alpha value is -1.93. The Morgan fingerprint density at radius 1 is 1.20 bits per heavy atom. The molecule has 0 aliphatic carbocycles. The van der Waals surface area contributed by atoms with Crippen LogP contribution in [0.5, 0.6) is 0 Å². The highest BCUT2D eigenvalue weighted by molar-refractivity contribution is 8.01. The molecule has 1 aromatic carbocycles. The molecule has 0 fully saturated rings. The van der Waals surface area contributed by atoms with E-state index in [0.717, 1.165) is 21.8 Å². The quantitative estimate of drug-likeness (QED) is 0.627. The molecule has 6 nitrogen and oxygen atoms in total. The minimum Gasteiger partial charge on any atom is -0.356 e. The van der Waals surface area contributed by atoms with Crippen LogP contribution in [0.4, 0.5) is 5.13 Å². The number of nitrogens with zero attached hydrogens (tertiary/aromatic N) is 4. The van der Waals surface area contributed by atoms with Gasteiger partial charge in [0.1, 0.15) is 0 Å². The molecule has 25 heavy (non-hydrogen) atoms. The standard InChI is InChI=1S/C17H21N5OS2/c1-11(13-19-14(22-23-13)17(2,3)4)24-16-21-20-15(25-16)18-10-12-8-6-5-7-9-12/h5-9,11H,10H2,1-4H3,(H,18,20). The molecule has 3 aromatic rings. The van der Waals surface area contributed by atoms with E-state index in [9.17, 15) is 0 Å². The second-order valence-corrected chi connectivity index (χ2v) is 9.24. The highest BCUT2D eigenvalue weighted by Gasteiger charge is 2.24. The van der Waals surface area contributed by atoms with Crippen LogP contribution in [-0.2, 0) is 12.0 Å². The van der Waals surface area contributed by atoms with Gasteiger partial charge in [0.2, 0.25) is 11.0 Å². The van der Waals surface area contributed by atoms with E-state index in [1.165, 1.54) is 16.9 Å². The SMILES string of the molecule is CC(Sc1nnc(NCc2ccccc2)s1)c1nc(C(C)(C)C)no1. The van der Waals surface area contributed by atoms with Gasteiger partial charge in [0.15, 0.2) is 10.2 Å². The first-order chi connectivity index (χ1) is 11.9. The smallest absolute Gasteiger partial charge is 0.239 e. The van der Waals surface area contributed by atoms with Crippen molar-refractivity contribution in [2.75, 3.05) is 5.32 Å². The average Bonchev–Trinajstić information content (AvgIpc) is 3.23.